The molecule has 5 heteroatoms. The van der Waals surface area contributed by atoms with Crippen molar-refractivity contribution in [3.05, 3.63) is 52.6 Å². The van der Waals surface area contributed by atoms with Crippen LogP contribution in [0.15, 0.2) is 38.5 Å². The van der Waals surface area contributed by atoms with Crippen molar-refractivity contribution in [2.24, 2.45) is 5.92 Å². The van der Waals surface area contributed by atoms with E-state index in [1.165, 1.54) is 6.42 Å². The number of aromatic nitrogens is 1. The van der Waals surface area contributed by atoms with Crippen LogP contribution in [0, 0.1) is 12.8 Å². The van der Waals surface area contributed by atoms with Crippen molar-refractivity contribution in [1.82, 2.24) is 9.88 Å². The van der Waals surface area contributed by atoms with Crippen LogP contribution in [0.3, 0.4) is 0 Å². The van der Waals surface area contributed by atoms with Gasteiger partial charge in [-0.2, -0.15) is 0 Å². The summed E-state index contributed by atoms with van der Waals surface area (Å²) in [4.78, 5) is 6.91. The fraction of sp³-hybridized carbons (Fsp3) is 0.421. The summed E-state index contributed by atoms with van der Waals surface area (Å²) in [6.07, 6.45) is 1.26. The van der Waals surface area contributed by atoms with Crippen molar-refractivity contribution in [1.29, 1.82) is 0 Å². The molecule has 1 fully saturated rings. The molecule has 2 atom stereocenters. The molecule has 24 heavy (non-hydrogen) atoms. The molecule has 0 aromatic carbocycles. The normalized spacial score (nSPS) is 20.0. The van der Waals surface area contributed by atoms with Gasteiger partial charge in [-0.1, -0.05) is 6.92 Å². The molecule has 0 radical (unpaired) electrons. The highest BCUT2D eigenvalue weighted by Gasteiger charge is 2.36. The third-order valence-electron chi connectivity index (χ3n) is 4.52. The third kappa shape index (κ3) is 3.32. The van der Waals surface area contributed by atoms with E-state index in [1.54, 1.807) is 11.3 Å². The number of furan rings is 2. The number of thiazole rings is 1. The Morgan fingerprint density at radius 1 is 1.21 bits per heavy atom. The van der Waals surface area contributed by atoms with Gasteiger partial charge in [0.15, 0.2) is 10.8 Å². The van der Waals surface area contributed by atoms with Crippen LogP contribution in [0.5, 0.6) is 0 Å². The van der Waals surface area contributed by atoms with Gasteiger partial charge >= 0.3 is 0 Å². The zero-order valence-electron chi connectivity index (χ0n) is 14.3. The van der Waals surface area contributed by atoms with Crippen molar-refractivity contribution < 1.29 is 8.83 Å². The van der Waals surface area contributed by atoms with E-state index >= 15 is 0 Å². The Kier molecular flexibility index (Phi) is 4.06. The molecular formula is C19H22N2O2S. The third-order valence-corrected chi connectivity index (χ3v) is 5.42. The van der Waals surface area contributed by atoms with Crippen LogP contribution < -0.4 is 0 Å². The summed E-state index contributed by atoms with van der Waals surface area (Å²) in [5.74, 6) is 5.36. The van der Waals surface area contributed by atoms with Gasteiger partial charge in [-0.25, -0.2) is 4.98 Å². The van der Waals surface area contributed by atoms with Crippen molar-refractivity contribution in [2.45, 2.75) is 39.3 Å². The van der Waals surface area contributed by atoms with Gasteiger partial charge in [0.25, 0.3) is 0 Å². The molecule has 3 heterocycles. The number of rotatable bonds is 6. The van der Waals surface area contributed by atoms with Gasteiger partial charge in [-0.05, 0) is 50.6 Å². The van der Waals surface area contributed by atoms with Crippen molar-refractivity contribution in [2.75, 3.05) is 7.05 Å². The second-order valence-corrected chi connectivity index (χ2v) is 7.71. The molecule has 1 saturated carbocycles. The fourth-order valence-electron chi connectivity index (χ4n) is 3.04. The van der Waals surface area contributed by atoms with Gasteiger partial charge in [0, 0.05) is 17.8 Å². The van der Waals surface area contributed by atoms with Gasteiger partial charge in [0.1, 0.15) is 17.3 Å². The van der Waals surface area contributed by atoms with Crippen LogP contribution in [0.4, 0.5) is 0 Å². The monoisotopic (exact) mass is 342 g/mol. The second-order valence-electron chi connectivity index (χ2n) is 6.85. The molecule has 0 aliphatic heterocycles. The van der Waals surface area contributed by atoms with E-state index in [9.17, 15) is 0 Å². The summed E-state index contributed by atoms with van der Waals surface area (Å²) >= 11 is 1.63. The van der Waals surface area contributed by atoms with Gasteiger partial charge < -0.3 is 8.83 Å². The van der Waals surface area contributed by atoms with Gasteiger partial charge in [-0.3, -0.25) is 4.90 Å². The smallest absolute Gasteiger partial charge is 0.162 e. The highest BCUT2D eigenvalue weighted by atomic mass is 32.1. The average molecular weight is 342 g/mol. The predicted molar refractivity (Wildman–Crippen MR) is 95.0 cm³/mol. The lowest BCUT2D eigenvalue weighted by atomic mass is 10.3. The number of hydrogen-bond acceptors (Lipinski definition) is 5. The SMILES string of the molecule is Cc1ccc(-c2nc(CN(C)Cc3ccc([C@H]4C[C@@H]4C)o3)cs2)o1. The summed E-state index contributed by atoms with van der Waals surface area (Å²) in [7, 11) is 2.10. The molecule has 4 rings (SSSR count). The topological polar surface area (TPSA) is 42.4 Å². The van der Waals surface area contributed by atoms with E-state index in [2.05, 4.69) is 41.4 Å². The molecule has 0 amide bonds. The molecular weight excluding hydrogens is 320 g/mol. The van der Waals surface area contributed by atoms with Crippen LogP contribution in [0.25, 0.3) is 10.8 Å². The Morgan fingerprint density at radius 2 is 2.04 bits per heavy atom. The minimum Gasteiger partial charge on any atom is -0.464 e. The quantitative estimate of drug-likeness (QED) is 0.628. The Balaban J connectivity index is 1.36. The van der Waals surface area contributed by atoms with E-state index in [0.29, 0.717) is 5.92 Å². The maximum atomic E-state index is 5.99. The molecule has 0 bridgehead atoms. The van der Waals surface area contributed by atoms with Crippen LogP contribution >= 0.6 is 11.3 Å². The Bertz CT molecular complexity index is 832. The Morgan fingerprint density at radius 3 is 2.75 bits per heavy atom. The maximum Gasteiger partial charge on any atom is 0.162 e. The largest absolute Gasteiger partial charge is 0.464 e. The molecule has 0 saturated heterocycles. The standard InChI is InChI=1S/C19H22N2O2S/c1-12-8-16(12)17-7-5-15(23-17)10-21(3)9-14-11-24-19(20-14)18-6-4-13(2)22-18/h4-7,11-12,16H,8-10H2,1-3H3/t12-,16-/m0/s1. The summed E-state index contributed by atoms with van der Waals surface area (Å²) in [6, 6.07) is 8.19. The fourth-order valence-corrected chi connectivity index (χ4v) is 3.81. The number of nitrogens with zero attached hydrogens (tertiary/aromatic N) is 2. The van der Waals surface area contributed by atoms with E-state index in [4.69, 9.17) is 8.83 Å². The molecule has 3 aromatic heterocycles. The molecule has 1 aliphatic carbocycles. The van der Waals surface area contributed by atoms with Crippen LogP contribution in [-0.2, 0) is 13.1 Å². The zero-order valence-corrected chi connectivity index (χ0v) is 15.1. The van der Waals surface area contributed by atoms with E-state index in [0.717, 1.165) is 52.7 Å². The first kappa shape index (κ1) is 15.7. The summed E-state index contributed by atoms with van der Waals surface area (Å²) in [5, 5.41) is 3.04. The highest BCUT2D eigenvalue weighted by Crippen LogP contribution is 2.47. The maximum absolute atomic E-state index is 5.99. The molecule has 0 N–H and O–H groups in total. The molecule has 3 aromatic rings. The predicted octanol–water partition coefficient (Wildman–Crippen LogP) is 5.06. The number of hydrogen-bond donors (Lipinski definition) is 0. The lowest BCUT2D eigenvalue weighted by Gasteiger charge is -2.13. The number of aryl methyl sites for hydroxylation is 1. The molecule has 0 unspecified atom stereocenters. The molecule has 4 nitrogen and oxygen atoms in total. The van der Waals surface area contributed by atoms with Gasteiger partial charge in [-0.15, -0.1) is 11.3 Å². The molecule has 1 aliphatic rings. The summed E-state index contributed by atoms with van der Waals surface area (Å²) in [6.45, 7) is 5.82. The summed E-state index contributed by atoms with van der Waals surface area (Å²) in [5.41, 5.74) is 1.06. The lowest BCUT2D eigenvalue weighted by Crippen LogP contribution is -2.17. The van der Waals surface area contributed by atoms with Crippen LogP contribution in [0.1, 0.15) is 42.2 Å². The van der Waals surface area contributed by atoms with Crippen LogP contribution in [0.2, 0.25) is 0 Å². The van der Waals surface area contributed by atoms with Crippen molar-refractivity contribution in [3.8, 4) is 10.8 Å². The highest BCUT2D eigenvalue weighted by molar-refractivity contribution is 7.13. The minimum atomic E-state index is 0.641. The second kappa shape index (κ2) is 6.22. The zero-order chi connectivity index (χ0) is 16.7. The van der Waals surface area contributed by atoms with Crippen LogP contribution in [-0.4, -0.2) is 16.9 Å². The van der Waals surface area contributed by atoms with E-state index < -0.39 is 0 Å². The van der Waals surface area contributed by atoms with Crippen molar-refractivity contribution in [3.63, 3.8) is 0 Å². The average Bonchev–Trinajstić information content (AvgIpc) is 2.97. The first-order valence-electron chi connectivity index (χ1n) is 8.37. The van der Waals surface area contributed by atoms with Gasteiger partial charge in [0.05, 0.1) is 12.2 Å². The minimum absolute atomic E-state index is 0.641. The summed E-state index contributed by atoms with van der Waals surface area (Å²) < 4.78 is 11.6. The van der Waals surface area contributed by atoms with E-state index in [1.807, 2.05) is 19.1 Å². The molecule has 126 valence electrons. The van der Waals surface area contributed by atoms with E-state index in [-0.39, 0.29) is 0 Å². The lowest BCUT2D eigenvalue weighted by molar-refractivity contribution is 0.281. The first-order valence-corrected chi connectivity index (χ1v) is 9.25. The first-order chi connectivity index (χ1) is 11.6. The van der Waals surface area contributed by atoms with Crippen molar-refractivity contribution >= 4 is 11.3 Å². The van der Waals surface area contributed by atoms with Gasteiger partial charge in [0.2, 0.25) is 0 Å². The Hall–Kier alpha value is -1.85. The Labute approximate surface area is 146 Å². The molecule has 0 spiro atoms.